The van der Waals surface area contributed by atoms with Gasteiger partial charge < -0.3 is 10.0 Å². The smallest absolute Gasteiger partial charge is 0.254 e. The fourth-order valence-electron chi connectivity index (χ4n) is 3.19. The molecule has 5 nitrogen and oxygen atoms in total. The summed E-state index contributed by atoms with van der Waals surface area (Å²) >= 11 is 0. The van der Waals surface area contributed by atoms with Gasteiger partial charge in [-0.05, 0) is 25.0 Å². The minimum Gasteiger partial charge on any atom is -0.395 e. The summed E-state index contributed by atoms with van der Waals surface area (Å²) in [6.45, 7) is 0.416. The Morgan fingerprint density at radius 1 is 1.33 bits per heavy atom. The molecule has 5 heteroatoms. The molecule has 0 spiro atoms. The molecule has 21 heavy (non-hydrogen) atoms. The summed E-state index contributed by atoms with van der Waals surface area (Å²) in [6.07, 6.45) is 7.41. The molecule has 1 aromatic carbocycles. The Labute approximate surface area is 124 Å². The number of carbonyl (C=O) groups excluding carboxylic acids is 1. The lowest BCUT2D eigenvalue weighted by atomic mass is 9.93. The zero-order valence-electron chi connectivity index (χ0n) is 12.1. The van der Waals surface area contributed by atoms with Gasteiger partial charge in [-0.15, -0.1) is 0 Å². The lowest BCUT2D eigenvalue weighted by Crippen LogP contribution is -2.43. The first kappa shape index (κ1) is 14.1. The molecule has 1 aliphatic carbocycles. The molecule has 1 aliphatic rings. The van der Waals surface area contributed by atoms with Gasteiger partial charge in [-0.2, -0.15) is 5.10 Å². The van der Waals surface area contributed by atoms with Gasteiger partial charge >= 0.3 is 0 Å². The third kappa shape index (κ3) is 2.93. The second kappa shape index (κ2) is 6.26. The van der Waals surface area contributed by atoms with Crippen molar-refractivity contribution in [3.8, 4) is 0 Å². The van der Waals surface area contributed by atoms with Gasteiger partial charge in [0.2, 0.25) is 0 Å². The predicted octanol–water partition coefficient (Wildman–Crippen LogP) is 2.33. The molecule has 1 amide bonds. The van der Waals surface area contributed by atoms with E-state index in [1.54, 1.807) is 6.20 Å². The van der Waals surface area contributed by atoms with E-state index in [4.69, 9.17) is 0 Å². The molecule has 3 rings (SSSR count). The first-order chi connectivity index (χ1) is 10.3. The van der Waals surface area contributed by atoms with Crippen LogP contribution in [0.1, 0.15) is 42.5 Å². The zero-order valence-corrected chi connectivity index (χ0v) is 12.1. The quantitative estimate of drug-likeness (QED) is 0.906. The number of nitrogens with zero attached hydrogens (tertiary/aromatic N) is 2. The molecule has 1 heterocycles. The summed E-state index contributed by atoms with van der Waals surface area (Å²) in [7, 11) is 0. The fourth-order valence-corrected chi connectivity index (χ4v) is 3.19. The largest absolute Gasteiger partial charge is 0.395 e. The minimum absolute atomic E-state index is 0.00690. The summed E-state index contributed by atoms with van der Waals surface area (Å²) in [5, 5.41) is 17.2. The number of rotatable bonds is 4. The molecule has 0 radical (unpaired) electrons. The standard InChI is InChI=1S/C16H21N3O2/c20-9-8-19(14-4-2-1-3-5-14)16(21)12-6-7-13-11-17-18-15(13)10-12/h6-7,10-11,14,20H,1-5,8-9H2,(H,17,18). The Hall–Kier alpha value is -1.88. The molecule has 112 valence electrons. The molecular formula is C16H21N3O2. The Morgan fingerprint density at radius 2 is 2.14 bits per heavy atom. The van der Waals surface area contributed by atoms with E-state index in [1.807, 2.05) is 23.1 Å². The van der Waals surface area contributed by atoms with Gasteiger partial charge in [0.15, 0.2) is 0 Å². The summed E-state index contributed by atoms with van der Waals surface area (Å²) in [6, 6.07) is 5.85. The number of benzene rings is 1. The second-order valence-electron chi connectivity index (χ2n) is 5.69. The number of fused-ring (bicyclic) bond motifs is 1. The van der Waals surface area contributed by atoms with Crippen LogP contribution in [0.4, 0.5) is 0 Å². The minimum atomic E-state index is 0.00690. The number of aliphatic hydroxyl groups excluding tert-OH is 1. The van der Waals surface area contributed by atoms with E-state index in [1.165, 1.54) is 19.3 Å². The molecule has 2 aromatic rings. The van der Waals surface area contributed by atoms with Crippen LogP contribution in [-0.2, 0) is 0 Å². The lowest BCUT2D eigenvalue weighted by Gasteiger charge is -2.34. The van der Waals surface area contributed by atoms with Crippen LogP contribution >= 0.6 is 0 Å². The average molecular weight is 287 g/mol. The maximum absolute atomic E-state index is 12.8. The normalized spacial score (nSPS) is 16.2. The van der Waals surface area contributed by atoms with Crippen molar-refractivity contribution in [1.82, 2.24) is 15.1 Å². The molecule has 0 unspecified atom stereocenters. The molecule has 0 atom stereocenters. The highest BCUT2D eigenvalue weighted by atomic mass is 16.3. The van der Waals surface area contributed by atoms with Crippen molar-refractivity contribution < 1.29 is 9.90 Å². The molecule has 2 N–H and O–H groups in total. The number of H-pyrrole nitrogens is 1. The fraction of sp³-hybridized carbons (Fsp3) is 0.500. The van der Waals surface area contributed by atoms with E-state index < -0.39 is 0 Å². The molecule has 1 saturated carbocycles. The number of nitrogens with one attached hydrogen (secondary N) is 1. The third-order valence-electron chi connectivity index (χ3n) is 4.31. The Balaban J connectivity index is 1.84. The molecule has 0 saturated heterocycles. The first-order valence-electron chi connectivity index (χ1n) is 7.64. The van der Waals surface area contributed by atoms with Gasteiger partial charge in [-0.1, -0.05) is 25.3 Å². The van der Waals surface area contributed by atoms with Crippen molar-refractivity contribution in [1.29, 1.82) is 0 Å². The maximum atomic E-state index is 12.8. The van der Waals surface area contributed by atoms with Crippen molar-refractivity contribution in [3.05, 3.63) is 30.0 Å². The van der Waals surface area contributed by atoms with Crippen LogP contribution < -0.4 is 0 Å². The van der Waals surface area contributed by atoms with Gasteiger partial charge in [0, 0.05) is 23.5 Å². The second-order valence-corrected chi connectivity index (χ2v) is 5.69. The highest BCUT2D eigenvalue weighted by Crippen LogP contribution is 2.24. The molecule has 1 aromatic heterocycles. The van der Waals surface area contributed by atoms with Gasteiger partial charge in [0.1, 0.15) is 0 Å². The van der Waals surface area contributed by atoms with Crippen LogP contribution in [0.2, 0.25) is 0 Å². The summed E-state index contributed by atoms with van der Waals surface area (Å²) in [5.74, 6) is 0.00690. The number of hydrogen-bond acceptors (Lipinski definition) is 3. The van der Waals surface area contributed by atoms with E-state index in [0.717, 1.165) is 23.7 Å². The Morgan fingerprint density at radius 3 is 2.90 bits per heavy atom. The predicted molar refractivity (Wildman–Crippen MR) is 81.1 cm³/mol. The van der Waals surface area contributed by atoms with Gasteiger partial charge in [0.25, 0.3) is 5.91 Å². The summed E-state index contributed by atoms with van der Waals surface area (Å²) in [4.78, 5) is 14.6. The number of hydrogen-bond donors (Lipinski definition) is 2. The number of carbonyl (C=O) groups is 1. The average Bonchev–Trinajstić information content (AvgIpc) is 3.00. The number of amides is 1. The van der Waals surface area contributed by atoms with Crippen molar-refractivity contribution in [2.24, 2.45) is 0 Å². The van der Waals surface area contributed by atoms with Gasteiger partial charge in [-0.3, -0.25) is 9.89 Å². The summed E-state index contributed by atoms with van der Waals surface area (Å²) in [5.41, 5.74) is 1.53. The molecule has 0 aliphatic heterocycles. The SMILES string of the molecule is O=C(c1ccc2cn[nH]c2c1)N(CCO)C1CCCCC1. The van der Waals surface area contributed by atoms with Crippen LogP contribution in [0, 0.1) is 0 Å². The highest BCUT2D eigenvalue weighted by Gasteiger charge is 2.25. The number of aliphatic hydroxyl groups is 1. The van der Waals surface area contributed by atoms with Gasteiger partial charge in [0.05, 0.1) is 18.3 Å². The topological polar surface area (TPSA) is 69.2 Å². The number of aromatic nitrogens is 2. The zero-order chi connectivity index (χ0) is 14.7. The summed E-state index contributed by atoms with van der Waals surface area (Å²) < 4.78 is 0. The third-order valence-corrected chi connectivity index (χ3v) is 4.31. The molecular weight excluding hydrogens is 266 g/mol. The molecule has 0 bridgehead atoms. The number of aromatic amines is 1. The molecule has 1 fully saturated rings. The monoisotopic (exact) mass is 287 g/mol. The van der Waals surface area contributed by atoms with Crippen LogP contribution in [0.25, 0.3) is 10.9 Å². The highest BCUT2D eigenvalue weighted by molar-refractivity contribution is 5.97. The lowest BCUT2D eigenvalue weighted by molar-refractivity contribution is 0.0585. The van der Waals surface area contributed by atoms with Crippen LogP contribution in [0.5, 0.6) is 0 Å². The van der Waals surface area contributed by atoms with Crippen molar-refractivity contribution >= 4 is 16.8 Å². The van der Waals surface area contributed by atoms with Crippen LogP contribution in [0.15, 0.2) is 24.4 Å². The first-order valence-corrected chi connectivity index (χ1v) is 7.64. The Bertz CT molecular complexity index is 617. The van der Waals surface area contributed by atoms with E-state index in [-0.39, 0.29) is 18.6 Å². The van der Waals surface area contributed by atoms with E-state index in [2.05, 4.69) is 10.2 Å². The maximum Gasteiger partial charge on any atom is 0.254 e. The van der Waals surface area contributed by atoms with Crippen LogP contribution in [-0.4, -0.2) is 45.3 Å². The van der Waals surface area contributed by atoms with E-state index >= 15 is 0 Å². The van der Waals surface area contributed by atoms with Crippen molar-refractivity contribution in [2.75, 3.05) is 13.2 Å². The van der Waals surface area contributed by atoms with E-state index in [9.17, 15) is 9.90 Å². The van der Waals surface area contributed by atoms with Crippen LogP contribution in [0.3, 0.4) is 0 Å². The van der Waals surface area contributed by atoms with Gasteiger partial charge in [-0.25, -0.2) is 0 Å². The Kier molecular flexibility index (Phi) is 4.20. The van der Waals surface area contributed by atoms with E-state index in [0.29, 0.717) is 12.1 Å². The van der Waals surface area contributed by atoms with Crippen molar-refractivity contribution in [3.63, 3.8) is 0 Å². The van der Waals surface area contributed by atoms with Crippen molar-refractivity contribution in [2.45, 2.75) is 38.1 Å².